The van der Waals surface area contributed by atoms with Crippen molar-refractivity contribution in [3.63, 3.8) is 0 Å². The van der Waals surface area contributed by atoms with Crippen molar-refractivity contribution in [2.75, 3.05) is 42.0 Å². The standard InChI is InChI=1S/C31H40O6.C26H30O5.CH4.ClH/c1-21(2)9-13-25(22(3)4)17-27-23(5)31(30(35-8)18-29(27)37-20-34-7)28(32)16-12-24-10-14-26(15-11-24)36-19-33-6;1-16(2)6-10-19(17(3)4)14-21-23(29)15-24(31-5)25(26(21)30)22(28)13-9-18-7-11-20(27)12-8-18;;/h9-12,14-16,18,25H,3,13,17,19-20H2,1-2,4-8H3;6-9,11-13,15,19,27,29-30H,3,10,14H2,1-2,4-5H3;1H4;1H/b16-12+;13-9+;;. The molecule has 2 atom stereocenters. The molecule has 0 saturated heterocycles. The van der Waals surface area contributed by atoms with Crippen LogP contribution in [0.2, 0.25) is 0 Å². The minimum absolute atomic E-state index is 0. The van der Waals surface area contributed by atoms with Gasteiger partial charge in [0.2, 0.25) is 0 Å². The molecule has 0 amide bonds. The molecule has 0 spiro atoms. The summed E-state index contributed by atoms with van der Waals surface area (Å²) in [5.41, 5.74) is 8.59. The normalized spacial score (nSPS) is 11.5. The van der Waals surface area contributed by atoms with Crippen LogP contribution in [-0.2, 0) is 22.3 Å². The number of aromatic hydroxyl groups is 3. The number of ketones is 2. The van der Waals surface area contributed by atoms with Crippen molar-refractivity contribution >= 4 is 36.1 Å². The topological polar surface area (TPSA) is 150 Å². The first-order valence-electron chi connectivity index (χ1n) is 22.3. The average Bonchev–Trinajstić information content (AvgIpc) is 3.30. The highest BCUT2D eigenvalue weighted by Crippen LogP contribution is 2.41. The number of allylic oxidation sites excluding steroid dienone is 8. The number of carbonyl (C=O) groups is 2. The molecular weight excluding hydrogens is 908 g/mol. The van der Waals surface area contributed by atoms with E-state index in [-0.39, 0.29) is 85.2 Å². The summed E-state index contributed by atoms with van der Waals surface area (Å²) in [6.07, 6.45) is 13.1. The van der Waals surface area contributed by atoms with E-state index in [2.05, 4.69) is 39.2 Å². The second-order valence-corrected chi connectivity index (χ2v) is 17.0. The molecule has 2 unspecified atom stereocenters. The molecule has 0 radical (unpaired) electrons. The van der Waals surface area contributed by atoms with Gasteiger partial charge in [0.05, 0.1) is 19.8 Å². The number of methoxy groups -OCH3 is 4. The average molecular weight is 984 g/mol. The maximum atomic E-state index is 13.4. The van der Waals surface area contributed by atoms with Gasteiger partial charge < -0.3 is 43.7 Å². The second kappa shape index (κ2) is 30.9. The predicted molar refractivity (Wildman–Crippen MR) is 286 cm³/mol. The molecule has 70 heavy (non-hydrogen) atoms. The molecule has 0 aliphatic carbocycles. The van der Waals surface area contributed by atoms with E-state index in [1.54, 1.807) is 57.8 Å². The summed E-state index contributed by atoms with van der Waals surface area (Å²) in [6.45, 7) is 22.6. The first kappa shape index (κ1) is 61.5. The number of halogens is 1. The number of ether oxygens (including phenoxy) is 6. The smallest absolute Gasteiger partial charge is 0.193 e. The molecular formula is C58H75ClO11. The molecule has 0 aromatic heterocycles. The van der Waals surface area contributed by atoms with Crippen LogP contribution in [0.15, 0.2) is 120 Å². The van der Waals surface area contributed by atoms with Crippen LogP contribution in [0.1, 0.15) is 110 Å². The molecule has 380 valence electrons. The fourth-order valence-electron chi connectivity index (χ4n) is 7.11. The highest BCUT2D eigenvalue weighted by Gasteiger charge is 2.26. The molecule has 12 heteroatoms. The third kappa shape index (κ3) is 18.8. The number of phenolic OH excluding ortho intramolecular Hbond substituents is 3. The van der Waals surface area contributed by atoms with Crippen molar-refractivity contribution in [3.8, 4) is 40.2 Å². The van der Waals surface area contributed by atoms with Crippen molar-refractivity contribution < 1.29 is 53.3 Å². The predicted octanol–water partition coefficient (Wildman–Crippen LogP) is 13.8. The van der Waals surface area contributed by atoms with Crippen LogP contribution in [0.25, 0.3) is 12.2 Å². The fraction of sp³-hybridized carbons (Fsp3) is 0.345. The van der Waals surface area contributed by atoms with E-state index in [0.717, 1.165) is 34.3 Å². The van der Waals surface area contributed by atoms with Crippen LogP contribution in [0.5, 0.6) is 40.2 Å². The van der Waals surface area contributed by atoms with Gasteiger partial charge in [0.1, 0.15) is 45.8 Å². The van der Waals surface area contributed by atoms with Crippen molar-refractivity contribution in [1.29, 1.82) is 0 Å². The van der Waals surface area contributed by atoms with Gasteiger partial charge >= 0.3 is 0 Å². The van der Waals surface area contributed by atoms with Crippen LogP contribution in [0, 0.1) is 18.8 Å². The van der Waals surface area contributed by atoms with Crippen molar-refractivity contribution in [3.05, 3.63) is 159 Å². The minimum atomic E-state index is -0.458. The molecule has 3 N–H and O–H groups in total. The van der Waals surface area contributed by atoms with Crippen LogP contribution in [0.4, 0.5) is 0 Å². The SMILES string of the molecule is C.C=C(C)C(CC=C(C)C)Cc1c(O)cc(OC)c(C(=O)/C=C/c2ccc(O)cc2)c1O.C=C(C)C(CC=C(C)C)Cc1c(OCOC)cc(OC)c(C(=O)/C=C/c2ccc(OCOC)cc2)c1C.Cl. The summed E-state index contributed by atoms with van der Waals surface area (Å²) in [6, 6.07) is 16.9. The Labute approximate surface area is 422 Å². The van der Waals surface area contributed by atoms with Crippen LogP contribution in [-0.4, -0.2) is 68.9 Å². The lowest BCUT2D eigenvalue weighted by molar-refractivity contribution is 0.0501. The third-order valence-electron chi connectivity index (χ3n) is 11.1. The van der Waals surface area contributed by atoms with E-state index in [4.69, 9.17) is 28.4 Å². The maximum absolute atomic E-state index is 13.4. The fourth-order valence-corrected chi connectivity index (χ4v) is 7.11. The summed E-state index contributed by atoms with van der Waals surface area (Å²) in [5, 5.41) is 30.8. The quantitative estimate of drug-likeness (QED) is 0.0266. The van der Waals surface area contributed by atoms with Crippen LogP contribution >= 0.6 is 12.4 Å². The zero-order chi connectivity index (χ0) is 50.5. The Morgan fingerprint density at radius 2 is 1.06 bits per heavy atom. The lowest BCUT2D eigenvalue weighted by atomic mass is 9.86. The van der Waals surface area contributed by atoms with E-state index in [1.807, 2.05) is 58.9 Å². The van der Waals surface area contributed by atoms with Gasteiger partial charge in [-0.05, 0) is 145 Å². The van der Waals surface area contributed by atoms with Gasteiger partial charge in [-0.25, -0.2) is 0 Å². The third-order valence-corrected chi connectivity index (χ3v) is 11.1. The van der Waals surface area contributed by atoms with Gasteiger partial charge in [-0.3, -0.25) is 9.59 Å². The number of benzene rings is 4. The Bertz CT molecular complexity index is 2470. The summed E-state index contributed by atoms with van der Waals surface area (Å²) in [7, 11) is 6.08. The van der Waals surface area contributed by atoms with Gasteiger partial charge in [-0.1, -0.05) is 91.4 Å². The Morgan fingerprint density at radius 1 is 0.614 bits per heavy atom. The lowest BCUT2D eigenvalue weighted by Gasteiger charge is -2.22. The monoisotopic (exact) mass is 982 g/mol. The van der Waals surface area contributed by atoms with Crippen LogP contribution in [0.3, 0.4) is 0 Å². The Balaban J connectivity index is 0.000000690. The molecule has 11 nitrogen and oxygen atoms in total. The van der Waals surface area contributed by atoms with Crippen molar-refractivity contribution in [2.45, 2.75) is 81.6 Å². The number of rotatable bonds is 24. The molecule has 0 aliphatic heterocycles. The van der Waals surface area contributed by atoms with Crippen LogP contribution < -0.4 is 18.9 Å². The number of phenols is 3. The molecule has 0 bridgehead atoms. The van der Waals surface area contributed by atoms with E-state index < -0.39 is 5.78 Å². The van der Waals surface area contributed by atoms with Gasteiger partial charge in [0, 0.05) is 31.9 Å². The Kier molecular flexibility index (Phi) is 27.1. The Morgan fingerprint density at radius 3 is 1.51 bits per heavy atom. The molecule has 0 aliphatic rings. The second-order valence-electron chi connectivity index (χ2n) is 17.0. The van der Waals surface area contributed by atoms with E-state index in [1.165, 1.54) is 42.5 Å². The highest BCUT2D eigenvalue weighted by atomic mass is 35.5. The first-order valence-corrected chi connectivity index (χ1v) is 22.3. The van der Waals surface area contributed by atoms with Crippen molar-refractivity contribution in [2.24, 2.45) is 11.8 Å². The van der Waals surface area contributed by atoms with E-state index in [0.29, 0.717) is 47.6 Å². The van der Waals surface area contributed by atoms with Gasteiger partial charge in [-0.15, -0.1) is 12.4 Å². The molecule has 0 heterocycles. The molecule has 0 fully saturated rings. The van der Waals surface area contributed by atoms with Gasteiger partial charge in [0.25, 0.3) is 0 Å². The Hall–Kier alpha value is -6.53. The molecule has 4 aromatic rings. The lowest BCUT2D eigenvalue weighted by Crippen LogP contribution is -2.13. The molecule has 0 saturated carbocycles. The summed E-state index contributed by atoms with van der Waals surface area (Å²) >= 11 is 0. The zero-order valence-corrected chi connectivity index (χ0v) is 42.9. The zero-order valence-electron chi connectivity index (χ0n) is 42.1. The first-order chi connectivity index (χ1) is 32.3. The number of carbonyl (C=O) groups excluding carboxylic acids is 2. The summed E-state index contributed by atoms with van der Waals surface area (Å²) < 4.78 is 32.3. The number of hydrogen-bond acceptors (Lipinski definition) is 11. The summed E-state index contributed by atoms with van der Waals surface area (Å²) in [4.78, 5) is 26.3. The largest absolute Gasteiger partial charge is 0.508 e. The van der Waals surface area contributed by atoms with Crippen molar-refractivity contribution in [1.82, 2.24) is 0 Å². The van der Waals surface area contributed by atoms with Gasteiger partial charge in [0.15, 0.2) is 25.2 Å². The number of hydrogen-bond donors (Lipinski definition) is 3. The maximum Gasteiger partial charge on any atom is 0.193 e. The van der Waals surface area contributed by atoms with Gasteiger partial charge in [-0.2, -0.15) is 0 Å². The summed E-state index contributed by atoms with van der Waals surface area (Å²) in [5.74, 6) is 1.19. The minimum Gasteiger partial charge on any atom is -0.508 e. The molecule has 4 rings (SSSR count). The van der Waals surface area contributed by atoms with E-state index >= 15 is 0 Å². The molecule has 4 aromatic carbocycles. The van der Waals surface area contributed by atoms with E-state index in [9.17, 15) is 24.9 Å². The highest BCUT2D eigenvalue weighted by molar-refractivity contribution is 6.11.